The number of hydrogen-bond acceptors (Lipinski definition) is 5. The molecule has 0 atom stereocenters. The summed E-state index contributed by atoms with van der Waals surface area (Å²) in [4.78, 5) is 0. The molecule has 0 fully saturated rings. The van der Waals surface area contributed by atoms with Crippen LogP contribution in [0.15, 0.2) is 71.8 Å². The van der Waals surface area contributed by atoms with Gasteiger partial charge in [0.1, 0.15) is 0 Å². The molecule has 6 heteroatoms. The quantitative estimate of drug-likeness (QED) is 0.730. The number of hydrazine groups is 1. The summed E-state index contributed by atoms with van der Waals surface area (Å²) in [5, 5.41) is 20.1. The van der Waals surface area contributed by atoms with Gasteiger partial charge in [0.15, 0.2) is 0 Å². The molecule has 1 radical (unpaired) electrons. The van der Waals surface area contributed by atoms with Crippen LogP contribution in [0, 0.1) is 0 Å². The van der Waals surface area contributed by atoms with Crippen LogP contribution in [0.4, 0.5) is 5.69 Å². The second kappa shape index (κ2) is 7.89. The number of para-hydroxylation sites is 1. The molecule has 0 aromatic heterocycles. The number of nitrogens with zero attached hydrogens (tertiary/aromatic N) is 2. The van der Waals surface area contributed by atoms with Crippen molar-refractivity contribution in [3.63, 3.8) is 0 Å². The third kappa shape index (κ3) is 4.20. The van der Waals surface area contributed by atoms with Gasteiger partial charge in [0.25, 0.3) is 0 Å². The molecule has 0 spiro atoms. The molecule has 2 aromatic carbocycles. The van der Waals surface area contributed by atoms with Crippen molar-refractivity contribution >= 4 is 25.3 Å². The van der Waals surface area contributed by atoms with Gasteiger partial charge in [-0.3, -0.25) is 5.43 Å². The first kappa shape index (κ1) is 14.8. The van der Waals surface area contributed by atoms with Crippen molar-refractivity contribution in [2.24, 2.45) is 5.10 Å². The molecule has 0 unspecified atom stereocenters. The van der Waals surface area contributed by atoms with E-state index in [0.29, 0.717) is 0 Å². The topological polar surface area (TPSA) is 68.1 Å². The van der Waals surface area contributed by atoms with Crippen LogP contribution in [0.1, 0.15) is 5.56 Å². The van der Waals surface area contributed by atoms with E-state index in [-0.39, 0.29) is 7.69 Å². The fourth-order valence-electron chi connectivity index (χ4n) is 1.83. The zero-order valence-corrected chi connectivity index (χ0v) is 11.3. The van der Waals surface area contributed by atoms with E-state index in [4.69, 9.17) is 10.0 Å². The second-order valence-corrected chi connectivity index (χ2v) is 4.09. The summed E-state index contributed by atoms with van der Waals surface area (Å²) in [5.74, 6) is 0. The number of nitrogens with one attached hydrogen (secondary N) is 1. The fraction of sp³-hybridized carbons (Fsp3) is 0. The van der Waals surface area contributed by atoms with E-state index >= 15 is 0 Å². The Labute approximate surface area is 124 Å². The molecular formula is C15H15BN3O2. The summed E-state index contributed by atoms with van der Waals surface area (Å²) < 4.78 is 0. The number of hydrogen-bond donors (Lipinski definition) is 3. The van der Waals surface area contributed by atoms with Gasteiger partial charge in [-0.05, 0) is 23.8 Å². The molecule has 0 bridgehead atoms. The Bertz CT molecular complexity index is 603. The first-order valence-corrected chi connectivity index (χ1v) is 6.37. The Hall–Kier alpha value is -2.57. The highest BCUT2D eigenvalue weighted by Gasteiger charge is 2.10. The Kier molecular flexibility index (Phi) is 5.57. The van der Waals surface area contributed by atoms with E-state index in [2.05, 4.69) is 22.7 Å². The van der Waals surface area contributed by atoms with E-state index in [0.717, 1.165) is 16.9 Å². The van der Waals surface area contributed by atoms with Gasteiger partial charge < -0.3 is 10.0 Å². The highest BCUT2D eigenvalue weighted by Crippen LogP contribution is 2.18. The van der Waals surface area contributed by atoms with Gasteiger partial charge in [-0.1, -0.05) is 48.5 Å². The normalized spacial score (nSPS) is 12.7. The van der Waals surface area contributed by atoms with Crippen LogP contribution in [-0.4, -0.2) is 23.9 Å². The summed E-state index contributed by atoms with van der Waals surface area (Å²) in [5.41, 5.74) is 6.47. The van der Waals surface area contributed by atoms with E-state index in [1.165, 1.54) is 0 Å². The molecule has 21 heavy (non-hydrogen) atoms. The van der Waals surface area contributed by atoms with Crippen LogP contribution >= 0.6 is 0 Å². The van der Waals surface area contributed by atoms with E-state index in [9.17, 15) is 0 Å². The van der Waals surface area contributed by atoms with Crippen LogP contribution in [0.5, 0.6) is 0 Å². The van der Waals surface area contributed by atoms with Crippen LogP contribution in [-0.2, 0) is 0 Å². The maximum atomic E-state index is 7.00. The van der Waals surface area contributed by atoms with Gasteiger partial charge in [-0.15, -0.1) is 0 Å². The molecule has 1 aliphatic rings. The number of benzene rings is 2. The van der Waals surface area contributed by atoms with Gasteiger partial charge in [-0.25, -0.2) is 0 Å². The lowest BCUT2D eigenvalue weighted by Gasteiger charge is -2.25. The third-order valence-corrected chi connectivity index (χ3v) is 2.74. The summed E-state index contributed by atoms with van der Waals surface area (Å²) in [6, 6.07) is 20.2. The minimum Gasteiger partial charge on any atom is -0.429 e. The van der Waals surface area contributed by atoms with Crippen molar-refractivity contribution in [1.82, 2.24) is 5.43 Å². The second-order valence-electron chi connectivity index (χ2n) is 4.09. The van der Waals surface area contributed by atoms with Crippen LogP contribution in [0.3, 0.4) is 0 Å². The average molecular weight is 280 g/mol. The first-order valence-electron chi connectivity index (χ1n) is 6.37. The Morgan fingerprint density at radius 3 is 2.10 bits per heavy atom. The molecule has 0 amide bonds. The van der Waals surface area contributed by atoms with Gasteiger partial charge >= 0.3 is 7.69 Å². The molecule has 0 saturated carbocycles. The zero-order chi connectivity index (χ0) is 14.9. The van der Waals surface area contributed by atoms with E-state index in [1.807, 2.05) is 54.6 Å². The summed E-state index contributed by atoms with van der Waals surface area (Å²) in [6.45, 7) is 0. The molecule has 0 aliphatic carbocycles. The minimum absolute atomic E-state index is 0. The lowest BCUT2D eigenvalue weighted by molar-refractivity contribution is 0.448. The zero-order valence-electron chi connectivity index (χ0n) is 11.3. The maximum absolute atomic E-state index is 7.00. The lowest BCUT2D eigenvalue weighted by atomic mass is 10.1. The van der Waals surface area contributed by atoms with Crippen LogP contribution in [0.25, 0.3) is 5.70 Å². The lowest BCUT2D eigenvalue weighted by Crippen LogP contribution is -2.34. The number of hydrazone groups is 1. The summed E-state index contributed by atoms with van der Waals surface area (Å²) >= 11 is 0. The predicted molar refractivity (Wildman–Crippen MR) is 85.2 cm³/mol. The molecule has 2 aromatic rings. The Morgan fingerprint density at radius 2 is 1.48 bits per heavy atom. The smallest absolute Gasteiger partial charge is 0.429 e. The van der Waals surface area contributed by atoms with Gasteiger partial charge in [0, 0.05) is 0 Å². The molecule has 5 nitrogen and oxygen atoms in total. The fourth-order valence-corrected chi connectivity index (χ4v) is 1.83. The van der Waals surface area contributed by atoms with E-state index in [1.54, 1.807) is 11.3 Å². The van der Waals surface area contributed by atoms with Gasteiger partial charge in [-0.2, -0.15) is 10.2 Å². The first-order chi connectivity index (χ1) is 10.3. The van der Waals surface area contributed by atoms with Gasteiger partial charge in [0.05, 0.1) is 17.6 Å². The molecular weight excluding hydrogens is 265 g/mol. The number of allylic oxidation sites excluding steroid dienone is 1. The minimum atomic E-state index is 0. The van der Waals surface area contributed by atoms with Crippen molar-refractivity contribution in [2.45, 2.75) is 0 Å². The standard InChI is InChI=1S/C15H13N3.BH2O2/c1-3-7-13(8-4-1)15-11-12-16-18(17-15)14-9-5-2-6-10-14;2-1-3/h1-12,17H;2-3H. The number of anilines is 1. The molecule has 0 saturated heterocycles. The summed E-state index contributed by atoms with van der Waals surface area (Å²) in [7, 11) is 0. The highest BCUT2D eigenvalue weighted by atomic mass is 16.4. The van der Waals surface area contributed by atoms with Crippen molar-refractivity contribution in [2.75, 3.05) is 5.12 Å². The number of rotatable bonds is 2. The van der Waals surface area contributed by atoms with Crippen LogP contribution in [0.2, 0.25) is 0 Å². The van der Waals surface area contributed by atoms with Crippen LogP contribution < -0.4 is 10.5 Å². The Balaban J connectivity index is 0.000000497. The third-order valence-electron chi connectivity index (χ3n) is 2.74. The maximum Gasteiger partial charge on any atom is 0.482 e. The monoisotopic (exact) mass is 280 g/mol. The van der Waals surface area contributed by atoms with Crippen molar-refractivity contribution in [1.29, 1.82) is 0 Å². The SMILES string of the molecule is C1=NN(c2ccccc2)NC(c2ccccc2)=C1.O[B]O. The van der Waals surface area contributed by atoms with E-state index < -0.39 is 0 Å². The van der Waals surface area contributed by atoms with Crippen molar-refractivity contribution < 1.29 is 10.0 Å². The largest absolute Gasteiger partial charge is 0.482 e. The highest BCUT2D eigenvalue weighted by molar-refractivity contribution is 6.13. The molecule has 105 valence electrons. The predicted octanol–water partition coefficient (Wildman–Crippen LogP) is 1.54. The van der Waals surface area contributed by atoms with Crippen molar-refractivity contribution in [3.05, 3.63) is 72.3 Å². The van der Waals surface area contributed by atoms with Crippen molar-refractivity contribution in [3.8, 4) is 0 Å². The molecule has 3 N–H and O–H groups in total. The molecule has 3 rings (SSSR count). The van der Waals surface area contributed by atoms with Gasteiger partial charge in [0.2, 0.25) is 0 Å². The molecule has 1 aliphatic heterocycles. The Morgan fingerprint density at radius 1 is 0.905 bits per heavy atom. The average Bonchev–Trinajstić information content (AvgIpc) is 2.57. The molecule has 1 heterocycles. The summed E-state index contributed by atoms with van der Waals surface area (Å²) in [6.07, 6.45) is 3.76.